The van der Waals surface area contributed by atoms with Crippen LogP contribution in [-0.2, 0) is 4.79 Å². The van der Waals surface area contributed by atoms with E-state index in [1.165, 1.54) is 0 Å². The number of amides is 1. The van der Waals surface area contributed by atoms with Crippen molar-refractivity contribution in [3.05, 3.63) is 64.7 Å². The van der Waals surface area contributed by atoms with Crippen LogP contribution in [-0.4, -0.2) is 37.6 Å². The van der Waals surface area contributed by atoms with E-state index in [9.17, 15) is 4.79 Å². The zero-order valence-electron chi connectivity index (χ0n) is 14.5. The van der Waals surface area contributed by atoms with Gasteiger partial charge in [-0.2, -0.15) is 0 Å². The van der Waals surface area contributed by atoms with Gasteiger partial charge in [0.15, 0.2) is 0 Å². The second kappa shape index (κ2) is 7.89. The van der Waals surface area contributed by atoms with Crippen LogP contribution < -0.4 is 10.1 Å². The summed E-state index contributed by atoms with van der Waals surface area (Å²) in [5.74, 6) is 0.727. The maximum absolute atomic E-state index is 13.2. The van der Waals surface area contributed by atoms with Crippen molar-refractivity contribution in [1.29, 1.82) is 0 Å². The smallest absolute Gasteiger partial charge is 0.230 e. The Balaban J connectivity index is 1.82. The predicted octanol–water partition coefficient (Wildman–Crippen LogP) is 3.63. The number of hydrogen-bond donors (Lipinski definition) is 1. The van der Waals surface area contributed by atoms with Gasteiger partial charge in [0.25, 0.3) is 0 Å². The normalized spacial score (nSPS) is 18.7. The molecule has 25 heavy (non-hydrogen) atoms. The van der Waals surface area contributed by atoms with Crippen molar-refractivity contribution in [2.45, 2.75) is 18.9 Å². The van der Waals surface area contributed by atoms with Crippen LogP contribution in [0.3, 0.4) is 0 Å². The Morgan fingerprint density at radius 3 is 2.72 bits per heavy atom. The Morgan fingerprint density at radius 2 is 2.04 bits per heavy atom. The number of rotatable bonds is 4. The summed E-state index contributed by atoms with van der Waals surface area (Å²) in [6.07, 6.45) is 0. The van der Waals surface area contributed by atoms with Crippen LogP contribution in [0.4, 0.5) is 0 Å². The summed E-state index contributed by atoms with van der Waals surface area (Å²) in [7, 11) is 1.64. The van der Waals surface area contributed by atoms with E-state index in [0.29, 0.717) is 11.6 Å². The quantitative estimate of drug-likeness (QED) is 0.907. The molecular formula is C20H23ClN2O2. The maximum Gasteiger partial charge on any atom is 0.230 e. The van der Waals surface area contributed by atoms with Gasteiger partial charge < -0.3 is 15.0 Å². The van der Waals surface area contributed by atoms with E-state index in [1.807, 2.05) is 60.4 Å². The molecule has 0 spiro atoms. The van der Waals surface area contributed by atoms with Crippen molar-refractivity contribution >= 4 is 17.5 Å². The summed E-state index contributed by atoms with van der Waals surface area (Å²) in [5.41, 5.74) is 2.06. The van der Waals surface area contributed by atoms with Gasteiger partial charge in [-0.1, -0.05) is 35.9 Å². The lowest BCUT2D eigenvalue weighted by molar-refractivity contribution is -0.135. The third-order valence-corrected chi connectivity index (χ3v) is 4.98. The third kappa shape index (κ3) is 3.97. The van der Waals surface area contributed by atoms with Gasteiger partial charge in [0.05, 0.1) is 19.1 Å². The van der Waals surface area contributed by atoms with Crippen LogP contribution in [0.2, 0.25) is 5.02 Å². The summed E-state index contributed by atoms with van der Waals surface area (Å²) in [5, 5.41) is 4.07. The van der Waals surface area contributed by atoms with Crippen LogP contribution in [0.5, 0.6) is 5.75 Å². The number of piperazine rings is 1. The van der Waals surface area contributed by atoms with Crippen molar-refractivity contribution in [2.75, 3.05) is 26.7 Å². The van der Waals surface area contributed by atoms with Gasteiger partial charge in [0, 0.05) is 24.7 Å². The summed E-state index contributed by atoms with van der Waals surface area (Å²) >= 11 is 6.14. The van der Waals surface area contributed by atoms with E-state index in [1.54, 1.807) is 7.11 Å². The number of benzene rings is 2. The Bertz CT molecular complexity index is 733. The molecule has 0 aromatic heterocycles. The third-order valence-electron chi connectivity index (χ3n) is 4.75. The second-order valence-electron chi connectivity index (χ2n) is 6.30. The number of ether oxygens (including phenoxy) is 1. The molecule has 1 saturated heterocycles. The average molecular weight is 359 g/mol. The highest BCUT2D eigenvalue weighted by Crippen LogP contribution is 2.29. The standard InChI is InChI=1S/C20H23ClN2O2/c1-14(15-6-8-18(25-2)9-7-15)20(24)23-11-10-22-13-19(23)16-4-3-5-17(21)12-16/h3-9,12,14,19,22H,10-11,13H2,1-2H3. The fraction of sp³-hybridized carbons (Fsp3) is 0.350. The number of carbonyl (C=O) groups excluding carboxylic acids is 1. The first-order valence-corrected chi connectivity index (χ1v) is 8.88. The first-order valence-electron chi connectivity index (χ1n) is 8.50. The molecule has 1 N–H and O–H groups in total. The predicted molar refractivity (Wildman–Crippen MR) is 100 cm³/mol. The van der Waals surface area contributed by atoms with Crippen LogP contribution in [0.1, 0.15) is 30.0 Å². The summed E-state index contributed by atoms with van der Waals surface area (Å²) in [6.45, 7) is 4.19. The minimum Gasteiger partial charge on any atom is -0.497 e. The number of nitrogens with zero attached hydrogens (tertiary/aromatic N) is 1. The van der Waals surface area contributed by atoms with E-state index in [2.05, 4.69) is 5.32 Å². The van der Waals surface area contributed by atoms with Crippen molar-refractivity contribution in [3.8, 4) is 5.75 Å². The Labute approximate surface area is 153 Å². The minimum absolute atomic E-state index is 0.000600. The molecule has 1 amide bonds. The van der Waals surface area contributed by atoms with Gasteiger partial charge in [-0.15, -0.1) is 0 Å². The SMILES string of the molecule is COc1ccc(C(C)C(=O)N2CCNCC2c2cccc(Cl)c2)cc1. The van der Waals surface area contributed by atoms with Gasteiger partial charge in [0.1, 0.15) is 5.75 Å². The van der Waals surface area contributed by atoms with Crippen LogP contribution in [0.25, 0.3) is 0 Å². The molecule has 2 unspecified atom stereocenters. The summed E-state index contributed by atoms with van der Waals surface area (Å²) in [6, 6.07) is 15.5. The van der Waals surface area contributed by atoms with E-state index in [0.717, 1.165) is 30.0 Å². The minimum atomic E-state index is -0.203. The fourth-order valence-electron chi connectivity index (χ4n) is 3.26. The molecule has 0 radical (unpaired) electrons. The first kappa shape index (κ1) is 17.8. The van der Waals surface area contributed by atoms with Gasteiger partial charge >= 0.3 is 0 Å². The topological polar surface area (TPSA) is 41.6 Å². The average Bonchev–Trinajstić information content (AvgIpc) is 2.67. The molecule has 0 saturated carbocycles. The lowest BCUT2D eigenvalue weighted by Gasteiger charge is -2.38. The zero-order chi connectivity index (χ0) is 17.8. The first-order chi connectivity index (χ1) is 12.1. The largest absolute Gasteiger partial charge is 0.497 e. The number of carbonyl (C=O) groups is 1. The van der Waals surface area contributed by atoms with E-state index < -0.39 is 0 Å². The number of nitrogens with one attached hydrogen (secondary N) is 1. The van der Waals surface area contributed by atoms with Crippen LogP contribution in [0, 0.1) is 0 Å². The number of methoxy groups -OCH3 is 1. The van der Waals surface area contributed by atoms with E-state index in [4.69, 9.17) is 16.3 Å². The highest BCUT2D eigenvalue weighted by molar-refractivity contribution is 6.30. The molecule has 4 nitrogen and oxygen atoms in total. The molecule has 2 aromatic rings. The lowest BCUT2D eigenvalue weighted by Crippen LogP contribution is -2.49. The highest BCUT2D eigenvalue weighted by atomic mass is 35.5. The van der Waals surface area contributed by atoms with Gasteiger partial charge in [-0.05, 0) is 42.3 Å². The van der Waals surface area contributed by atoms with Crippen LogP contribution in [0.15, 0.2) is 48.5 Å². The Kier molecular flexibility index (Phi) is 5.61. The molecule has 0 bridgehead atoms. The molecule has 2 atom stereocenters. The fourth-order valence-corrected chi connectivity index (χ4v) is 3.46. The van der Waals surface area contributed by atoms with Gasteiger partial charge in [-0.25, -0.2) is 0 Å². The molecule has 1 aliphatic heterocycles. The Morgan fingerprint density at radius 1 is 1.28 bits per heavy atom. The van der Waals surface area contributed by atoms with Gasteiger partial charge in [0.2, 0.25) is 5.91 Å². The maximum atomic E-state index is 13.2. The van der Waals surface area contributed by atoms with Crippen molar-refractivity contribution < 1.29 is 9.53 Å². The highest BCUT2D eigenvalue weighted by Gasteiger charge is 2.31. The Hall–Kier alpha value is -2.04. The molecule has 3 rings (SSSR count). The van der Waals surface area contributed by atoms with E-state index >= 15 is 0 Å². The monoisotopic (exact) mass is 358 g/mol. The molecule has 1 aliphatic rings. The van der Waals surface area contributed by atoms with E-state index in [-0.39, 0.29) is 17.9 Å². The molecule has 0 aliphatic carbocycles. The molecule has 1 fully saturated rings. The molecule has 5 heteroatoms. The number of halogens is 1. The molecular weight excluding hydrogens is 336 g/mol. The second-order valence-corrected chi connectivity index (χ2v) is 6.74. The lowest BCUT2D eigenvalue weighted by atomic mass is 9.96. The van der Waals surface area contributed by atoms with Crippen LogP contribution >= 0.6 is 11.6 Å². The number of hydrogen-bond acceptors (Lipinski definition) is 3. The zero-order valence-corrected chi connectivity index (χ0v) is 15.3. The summed E-state index contributed by atoms with van der Waals surface area (Å²) in [4.78, 5) is 15.1. The summed E-state index contributed by atoms with van der Waals surface area (Å²) < 4.78 is 5.20. The van der Waals surface area contributed by atoms with Crippen molar-refractivity contribution in [2.24, 2.45) is 0 Å². The molecule has 132 valence electrons. The van der Waals surface area contributed by atoms with Crippen molar-refractivity contribution in [3.63, 3.8) is 0 Å². The van der Waals surface area contributed by atoms with Crippen molar-refractivity contribution in [1.82, 2.24) is 10.2 Å². The molecule has 1 heterocycles. The molecule has 2 aromatic carbocycles. The van der Waals surface area contributed by atoms with Gasteiger partial charge in [-0.3, -0.25) is 4.79 Å².